The molecule has 2 saturated heterocycles. The number of sulfonamides is 1. The summed E-state index contributed by atoms with van der Waals surface area (Å²) in [5, 5.41) is 16.7. The summed E-state index contributed by atoms with van der Waals surface area (Å²) in [6.07, 6.45) is 11.2. The van der Waals surface area contributed by atoms with Gasteiger partial charge in [0.05, 0.1) is 21.6 Å². The van der Waals surface area contributed by atoms with Gasteiger partial charge in [0.25, 0.3) is 21.6 Å². The molecule has 4 heterocycles. The van der Waals surface area contributed by atoms with Crippen molar-refractivity contribution in [3.05, 3.63) is 117 Å². The fraction of sp³-hybridized carbons (Fsp3) is 0.381. The van der Waals surface area contributed by atoms with Crippen LogP contribution in [0.2, 0.25) is 5.02 Å². The molecule has 298 valence electrons. The van der Waals surface area contributed by atoms with Crippen molar-refractivity contribution in [1.29, 1.82) is 0 Å². The Morgan fingerprint density at radius 1 is 0.965 bits per heavy atom. The van der Waals surface area contributed by atoms with Crippen LogP contribution in [0.5, 0.6) is 11.5 Å². The van der Waals surface area contributed by atoms with E-state index in [0.29, 0.717) is 43.2 Å². The number of hydrogen-bond donors (Lipinski definition) is 3. The summed E-state index contributed by atoms with van der Waals surface area (Å²) in [4.78, 5) is 35.0. The number of fused-ring (bicyclic) bond motifs is 1. The highest BCUT2D eigenvalue weighted by molar-refractivity contribution is 7.90. The van der Waals surface area contributed by atoms with Gasteiger partial charge in [-0.25, -0.2) is 18.1 Å². The Labute approximate surface area is 336 Å². The summed E-state index contributed by atoms with van der Waals surface area (Å²) >= 11 is 6.18. The third kappa shape index (κ3) is 8.79. The number of ether oxygens (including phenoxy) is 2. The minimum Gasteiger partial charge on any atom is -0.455 e. The second-order valence-electron chi connectivity index (χ2n) is 15.2. The van der Waals surface area contributed by atoms with Crippen molar-refractivity contribution in [3.8, 4) is 11.5 Å². The largest absolute Gasteiger partial charge is 0.455 e. The van der Waals surface area contributed by atoms with Crippen LogP contribution < -0.4 is 14.8 Å². The molecule has 0 radical (unpaired) electrons. The fourth-order valence-corrected chi connectivity index (χ4v) is 9.71. The van der Waals surface area contributed by atoms with Gasteiger partial charge >= 0.3 is 0 Å². The van der Waals surface area contributed by atoms with Crippen molar-refractivity contribution < 1.29 is 27.6 Å². The van der Waals surface area contributed by atoms with Gasteiger partial charge in [-0.1, -0.05) is 29.8 Å². The molecule has 1 unspecified atom stereocenters. The highest BCUT2D eigenvalue weighted by Crippen LogP contribution is 2.42. The van der Waals surface area contributed by atoms with E-state index in [2.05, 4.69) is 37.0 Å². The lowest BCUT2D eigenvalue weighted by atomic mass is 9.80. The lowest BCUT2D eigenvalue weighted by Gasteiger charge is -2.38. The first-order valence-corrected chi connectivity index (χ1v) is 21.4. The smallest absolute Gasteiger partial charge is 0.293 e. The Morgan fingerprint density at radius 3 is 2.51 bits per heavy atom. The number of anilines is 1. The molecule has 3 N–H and O–H groups in total. The lowest BCUT2D eigenvalue weighted by Crippen LogP contribution is -2.37. The average Bonchev–Trinajstić information content (AvgIpc) is 3.91. The standard InChI is InChI=1S/C42H45ClN6O7S/c43-32-8-3-29(4-9-32)38-2-1-19-48(38)33-10-5-28(6-11-33)30-7-13-36(40(23-30)56-34-22-31-15-18-44-41(31)46-26-34)42(50)47-57(53,54)35-12-14-37(39(24-35)49(51)52)45-25-27-16-20-55-21-17-27/h3-4,7-9,12-15,18,22-24,26-28,33,38,45H,1-2,5-6,10-11,16-17,19-21,25H2,(H,44,46)(H,47,50). The average molecular weight is 813 g/mol. The number of amides is 1. The molecule has 3 fully saturated rings. The third-order valence-corrected chi connectivity index (χ3v) is 13.2. The highest BCUT2D eigenvalue weighted by Gasteiger charge is 2.35. The van der Waals surface area contributed by atoms with Crippen molar-refractivity contribution in [2.24, 2.45) is 5.92 Å². The molecule has 2 aliphatic heterocycles. The number of likely N-dealkylation sites (tertiary alicyclic amines) is 1. The number of aromatic nitrogens is 2. The van der Waals surface area contributed by atoms with E-state index in [1.165, 1.54) is 17.7 Å². The monoisotopic (exact) mass is 812 g/mol. The number of hydrogen-bond acceptors (Lipinski definition) is 10. The molecule has 0 bridgehead atoms. The molecule has 5 aromatic rings. The molecule has 3 aromatic carbocycles. The molecule has 1 saturated carbocycles. The SMILES string of the molecule is O=C(NS(=O)(=O)c1ccc(NCC2CCOCC2)c([N+](=O)[O-])c1)c1ccc(C2CCC(N3CCCC3c3ccc(Cl)cc3)CC2)cc1Oc1cnc2[nH]ccc2c1. The Bertz CT molecular complexity index is 2360. The molecule has 1 aliphatic carbocycles. The maximum Gasteiger partial charge on any atom is 0.293 e. The maximum atomic E-state index is 13.9. The first-order chi connectivity index (χ1) is 27.6. The number of benzene rings is 3. The number of carbonyl (C=O) groups is 1. The molecule has 8 rings (SSSR count). The molecule has 15 heteroatoms. The van der Waals surface area contributed by atoms with E-state index in [9.17, 15) is 23.3 Å². The number of pyridine rings is 1. The normalized spacial score (nSPS) is 20.7. The van der Waals surface area contributed by atoms with Crippen LogP contribution in [0.3, 0.4) is 0 Å². The van der Waals surface area contributed by atoms with Crippen LogP contribution in [0.1, 0.15) is 84.8 Å². The number of rotatable bonds is 12. The third-order valence-electron chi connectivity index (χ3n) is 11.7. The zero-order chi connectivity index (χ0) is 39.5. The molecular weight excluding hydrogens is 768 g/mol. The first kappa shape index (κ1) is 38.8. The van der Waals surface area contributed by atoms with Crippen molar-refractivity contribution >= 4 is 49.9 Å². The van der Waals surface area contributed by atoms with Gasteiger partial charge in [0.15, 0.2) is 0 Å². The van der Waals surface area contributed by atoms with Crippen molar-refractivity contribution in [2.45, 2.75) is 74.3 Å². The quantitative estimate of drug-likeness (QED) is 0.0818. The minimum atomic E-state index is -4.53. The summed E-state index contributed by atoms with van der Waals surface area (Å²) in [7, 11) is -4.53. The van der Waals surface area contributed by atoms with E-state index in [4.69, 9.17) is 21.1 Å². The van der Waals surface area contributed by atoms with Crippen molar-refractivity contribution in [2.75, 3.05) is 31.6 Å². The molecule has 2 aromatic heterocycles. The highest BCUT2D eigenvalue weighted by atomic mass is 35.5. The van der Waals surface area contributed by atoms with Crippen molar-refractivity contribution in [3.63, 3.8) is 0 Å². The number of nitrogens with one attached hydrogen (secondary N) is 3. The zero-order valence-electron chi connectivity index (χ0n) is 31.4. The van der Waals surface area contributed by atoms with Crippen LogP contribution in [-0.4, -0.2) is 66.5 Å². The molecule has 1 atom stereocenters. The lowest BCUT2D eigenvalue weighted by molar-refractivity contribution is -0.384. The van der Waals surface area contributed by atoms with Crippen molar-refractivity contribution in [1.82, 2.24) is 19.6 Å². The number of carbonyl (C=O) groups excluding carboxylic acids is 1. The summed E-state index contributed by atoms with van der Waals surface area (Å²) < 4.78 is 41.1. The van der Waals surface area contributed by atoms with E-state index in [1.54, 1.807) is 24.5 Å². The summed E-state index contributed by atoms with van der Waals surface area (Å²) in [5.41, 5.74) is 2.76. The predicted molar refractivity (Wildman–Crippen MR) is 218 cm³/mol. The molecule has 57 heavy (non-hydrogen) atoms. The topological polar surface area (TPSA) is 169 Å². The summed E-state index contributed by atoms with van der Waals surface area (Å²) in [6, 6.07) is 21.6. The van der Waals surface area contributed by atoms with Gasteiger partial charge in [-0.05, 0) is 129 Å². The van der Waals surface area contributed by atoms with Gasteiger partial charge in [-0.15, -0.1) is 0 Å². The number of aromatic amines is 1. The Kier molecular flexibility index (Phi) is 11.5. The molecular formula is C42H45ClN6O7S. The van der Waals surface area contributed by atoms with Crippen LogP contribution in [-0.2, 0) is 14.8 Å². The summed E-state index contributed by atoms with van der Waals surface area (Å²) in [5.74, 6) is 0.123. The van der Waals surface area contributed by atoms with E-state index in [0.717, 1.165) is 80.0 Å². The van der Waals surface area contributed by atoms with Gasteiger partial charge in [0.2, 0.25) is 0 Å². The van der Waals surface area contributed by atoms with Gasteiger partial charge in [0, 0.05) is 54.5 Å². The van der Waals surface area contributed by atoms with Crippen LogP contribution in [0, 0.1) is 16.0 Å². The van der Waals surface area contributed by atoms with E-state index < -0.39 is 31.4 Å². The number of nitro benzene ring substituents is 1. The van der Waals surface area contributed by atoms with Crippen LogP contribution >= 0.6 is 11.6 Å². The predicted octanol–water partition coefficient (Wildman–Crippen LogP) is 8.74. The minimum absolute atomic E-state index is 0.00250. The number of halogens is 1. The van der Waals surface area contributed by atoms with E-state index >= 15 is 0 Å². The Balaban J connectivity index is 1.01. The second-order valence-corrected chi connectivity index (χ2v) is 17.3. The van der Waals surface area contributed by atoms with E-state index in [-0.39, 0.29) is 28.8 Å². The maximum absolute atomic E-state index is 13.9. The van der Waals surface area contributed by atoms with Crippen LogP contribution in [0.15, 0.2) is 90.1 Å². The van der Waals surface area contributed by atoms with Crippen LogP contribution in [0.25, 0.3) is 11.0 Å². The second kappa shape index (κ2) is 16.8. The fourth-order valence-electron chi connectivity index (χ4n) is 8.60. The summed E-state index contributed by atoms with van der Waals surface area (Å²) in [6.45, 7) is 2.82. The van der Waals surface area contributed by atoms with Gasteiger partial charge in [-0.3, -0.25) is 19.8 Å². The number of nitro groups is 1. The van der Waals surface area contributed by atoms with Crippen LogP contribution in [0.4, 0.5) is 11.4 Å². The molecule has 0 spiro atoms. The van der Waals surface area contributed by atoms with Gasteiger partial charge < -0.3 is 19.8 Å². The number of nitrogens with zero attached hydrogens (tertiary/aromatic N) is 3. The Hall–Kier alpha value is -5.02. The van der Waals surface area contributed by atoms with E-state index in [1.807, 2.05) is 30.3 Å². The van der Waals surface area contributed by atoms with Gasteiger partial charge in [0.1, 0.15) is 22.8 Å². The first-order valence-electron chi connectivity index (χ1n) is 19.5. The zero-order valence-corrected chi connectivity index (χ0v) is 32.9. The number of H-pyrrole nitrogens is 1. The van der Waals surface area contributed by atoms with Gasteiger partial charge in [-0.2, -0.15) is 0 Å². The molecule has 3 aliphatic rings. The molecule has 1 amide bonds. The molecule has 13 nitrogen and oxygen atoms in total. The Morgan fingerprint density at radius 2 is 1.74 bits per heavy atom.